The molecular weight excluding hydrogens is 236 g/mol. The van der Waals surface area contributed by atoms with Crippen LogP contribution in [0.3, 0.4) is 0 Å². The first-order valence-electron chi connectivity index (χ1n) is 6.15. The van der Waals surface area contributed by atoms with Crippen LogP contribution in [0.1, 0.15) is 19.0 Å². The highest BCUT2D eigenvalue weighted by atomic mass is 32.2. The van der Waals surface area contributed by atoms with Crippen LogP contribution in [0.25, 0.3) is 0 Å². The highest BCUT2D eigenvalue weighted by Crippen LogP contribution is 2.24. The van der Waals surface area contributed by atoms with E-state index >= 15 is 0 Å². The van der Waals surface area contributed by atoms with Gasteiger partial charge < -0.3 is 14.5 Å². The number of nitrogens with zero attached hydrogens (tertiary/aromatic N) is 1. The van der Waals surface area contributed by atoms with E-state index in [1.165, 1.54) is 0 Å². The molecule has 4 nitrogen and oxygen atoms in total. The van der Waals surface area contributed by atoms with Gasteiger partial charge in [0.25, 0.3) is 5.22 Å². The second-order valence-electron chi connectivity index (χ2n) is 4.35. The third-order valence-electron chi connectivity index (χ3n) is 2.98. The Labute approximate surface area is 107 Å². The molecule has 17 heavy (non-hydrogen) atoms. The zero-order chi connectivity index (χ0) is 12.1. The molecule has 0 aromatic carbocycles. The summed E-state index contributed by atoms with van der Waals surface area (Å²) in [7, 11) is 0. The molecule has 1 aliphatic rings. The summed E-state index contributed by atoms with van der Waals surface area (Å²) in [5, 5.41) is 4.30. The molecule has 1 aromatic heterocycles. The van der Waals surface area contributed by atoms with Crippen molar-refractivity contribution in [3.05, 3.63) is 12.0 Å². The van der Waals surface area contributed by atoms with Gasteiger partial charge in [-0.2, -0.15) is 0 Å². The van der Waals surface area contributed by atoms with Crippen LogP contribution < -0.4 is 5.32 Å². The molecule has 2 rings (SSSR count). The SMILES string of the molecule is CCNC(CSc1nc(C)co1)C1CCOC1. The smallest absolute Gasteiger partial charge is 0.255 e. The maximum atomic E-state index is 5.45. The summed E-state index contributed by atoms with van der Waals surface area (Å²) in [4.78, 5) is 4.31. The normalized spacial score (nSPS) is 21.9. The number of nitrogens with one attached hydrogen (secondary N) is 1. The number of hydrogen-bond acceptors (Lipinski definition) is 5. The molecule has 2 atom stereocenters. The number of aryl methyl sites for hydroxylation is 1. The third-order valence-corrected chi connectivity index (χ3v) is 3.94. The molecule has 0 aliphatic carbocycles. The van der Waals surface area contributed by atoms with Crippen molar-refractivity contribution in [2.75, 3.05) is 25.5 Å². The van der Waals surface area contributed by atoms with E-state index in [0.717, 1.165) is 42.8 Å². The van der Waals surface area contributed by atoms with Gasteiger partial charge in [0.15, 0.2) is 0 Å². The molecule has 0 spiro atoms. The molecule has 1 fully saturated rings. The first-order chi connectivity index (χ1) is 8.29. The molecule has 0 bridgehead atoms. The standard InChI is InChI=1S/C12H20N2O2S/c1-3-13-11(10-4-5-15-7-10)8-17-12-14-9(2)6-16-12/h6,10-11,13H,3-5,7-8H2,1-2H3. The third kappa shape index (κ3) is 3.72. The van der Waals surface area contributed by atoms with Crippen LogP contribution in [-0.2, 0) is 4.74 Å². The van der Waals surface area contributed by atoms with Gasteiger partial charge in [-0.25, -0.2) is 4.98 Å². The Morgan fingerprint density at radius 1 is 1.65 bits per heavy atom. The maximum Gasteiger partial charge on any atom is 0.255 e. The van der Waals surface area contributed by atoms with E-state index in [4.69, 9.17) is 9.15 Å². The van der Waals surface area contributed by atoms with Crippen molar-refractivity contribution >= 4 is 11.8 Å². The quantitative estimate of drug-likeness (QED) is 0.790. The molecule has 0 saturated carbocycles. The van der Waals surface area contributed by atoms with Crippen molar-refractivity contribution < 1.29 is 9.15 Å². The van der Waals surface area contributed by atoms with Gasteiger partial charge in [-0.05, 0) is 19.9 Å². The van der Waals surface area contributed by atoms with Gasteiger partial charge in [0, 0.05) is 24.3 Å². The fourth-order valence-electron chi connectivity index (χ4n) is 2.05. The summed E-state index contributed by atoms with van der Waals surface area (Å²) in [5.74, 6) is 1.61. The summed E-state index contributed by atoms with van der Waals surface area (Å²) in [6.07, 6.45) is 2.85. The summed E-state index contributed by atoms with van der Waals surface area (Å²) < 4.78 is 10.8. The van der Waals surface area contributed by atoms with Crippen LogP contribution >= 0.6 is 11.8 Å². The molecular formula is C12H20N2O2S. The van der Waals surface area contributed by atoms with Crippen LogP contribution in [0, 0.1) is 12.8 Å². The van der Waals surface area contributed by atoms with Gasteiger partial charge in [0.2, 0.25) is 0 Å². The Bertz CT molecular complexity index is 337. The minimum atomic E-state index is 0.486. The van der Waals surface area contributed by atoms with E-state index in [0.29, 0.717) is 12.0 Å². The molecule has 2 heterocycles. The molecule has 0 amide bonds. The van der Waals surface area contributed by atoms with Crippen LogP contribution in [0.2, 0.25) is 0 Å². The zero-order valence-corrected chi connectivity index (χ0v) is 11.3. The number of ether oxygens (including phenoxy) is 1. The Morgan fingerprint density at radius 2 is 2.53 bits per heavy atom. The van der Waals surface area contributed by atoms with Crippen molar-refractivity contribution in [3.8, 4) is 0 Å². The topological polar surface area (TPSA) is 47.3 Å². The molecule has 96 valence electrons. The lowest BCUT2D eigenvalue weighted by Gasteiger charge is -2.22. The maximum absolute atomic E-state index is 5.45. The summed E-state index contributed by atoms with van der Waals surface area (Å²) >= 11 is 1.68. The summed E-state index contributed by atoms with van der Waals surface area (Å²) in [6, 6.07) is 0.486. The average Bonchev–Trinajstić information content (AvgIpc) is 2.95. The highest BCUT2D eigenvalue weighted by Gasteiger charge is 2.25. The first kappa shape index (κ1) is 12.9. The van der Waals surface area contributed by atoms with Crippen molar-refractivity contribution in [1.29, 1.82) is 0 Å². The van der Waals surface area contributed by atoms with E-state index in [-0.39, 0.29) is 0 Å². The molecule has 1 saturated heterocycles. The lowest BCUT2D eigenvalue weighted by Crippen LogP contribution is -2.38. The van der Waals surface area contributed by atoms with E-state index in [2.05, 4.69) is 17.2 Å². The number of thioether (sulfide) groups is 1. The Kier molecular flexibility index (Phi) is 4.88. The average molecular weight is 256 g/mol. The Balaban J connectivity index is 1.84. The Hall–Kier alpha value is -0.520. The largest absolute Gasteiger partial charge is 0.440 e. The summed E-state index contributed by atoms with van der Waals surface area (Å²) in [6.45, 7) is 6.85. The Morgan fingerprint density at radius 3 is 3.12 bits per heavy atom. The minimum absolute atomic E-state index is 0.486. The number of hydrogen-bond donors (Lipinski definition) is 1. The van der Waals surface area contributed by atoms with Crippen LogP contribution in [0.4, 0.5) is 0 Å². The highest BCUT2D eigenvalue weighted by molar-refractivity contribution is 7.99. The van der Waals surface area contributed by atoms with E-state index in [9.17, 15) is 0 Å². The van der Waals surface area contributed by atoms with Gasteiger partial charge in [0.1, 0.15) is 6.26 Å². The van der Waals surface area contributed by atoms with E-state index in [1.54, 1.807) is 18.0 Å². The van der Waals surface area contributed by atoms with Crippen molar-refractivity contribution in [2.24, 2.45) is 5.92 Å². The van der Waals surface area contributed by atoms with Gasteiger partial charge >= 0.3 is 0 Å². The lowest BCUT2D eigenvalue weighted by molar-refractivity contribution is 0.179. The summed E-state index contributed by atoms with van der Waals surface area (Å²) in [5.41, 5.74) is 0.941. The van der Waals surface area contributed by atoms with Gasteiger partial charge in [0.05, 0.1) is 12.3 Å². The molecule has 0 radical (unpaired) electrons. The van der Waals surface area contributed by atoms with Crippen molar-refractivity contribution in [2.45, 2.75) is 31.5 Å². The van der Waals surface area contributed by atoms with E-state index < -0.39 is 0 Å². The predicted octanol–water partition coefficient (Wildman–Crippen LogP) is 2.09. The van der Waals surface area contributed by atoms with Crippen molar-refractivity contribution in [3.63, 3.8) is 0 Å². The number of rotatable bonds is 6. The first-order valence-corrected chi connectivity index (χ1v) is 7.14. The number of oxazole rings is 1. The monoisotopic (exact) mass is 256 g/mol. The molecule has 1 aliphatic heterocycles. The minimum Gasteiger partial charge on any atom is -0.440 e. The lowest BCUT2D eigenvalue weighted by atomic mass is 10.0. The molecule has 5 heteroatoms. The second-order valence-corrected chi connectivity index (χ2v) is 5.32. The van der Waals surface area contributed by atoms with Gasteiger partial charge in [-0.15, -0.1) is 0 Å². The zero-order valence-electron chi connectivity index (χ0n) is 10.4. The fraction of sp³-hybridized carbons (Fsp3) is 0.750. The van der Waals surface area contributed by atoms with Gasteiger partial charge in [-0.3, -0.25) is 0 Å². The van der Waals surface area contributed by atoms with Crippen LogP contribution in [0.5, 0.6) is 0 Å². The fourth-order valence-corrected chi connectivity index (χ4v) is 3.09. The molecule has 1 aromatic rings. The van der Waals surface area contributed by atoms with Crippen molar-refractivity contribution in [1.82, 2.24) is 10.3 Å². The number of aromatic nitrogens is 1. The molecule has 2 unspecified atom stereocenters. The van der Waals surface area contributed by atoms with E-state index in [1.807, 2.05) is 6.92 Å². The van der Waals surface area contributed by atoms with Gasteiger partial charge in [-0.1, -0.05) is 18.7 Å². The second kappa shape index (κ2) is 6.42. The van der Waals surface area contributed by atoms with Crippen LogP contribution in [0.15, 0.2) is 15.9 Å². The molecule has 1 N–H and O–H groups in total. The van der Waals surface area contributed by atoms with Crippen LogP contribution in [-0.4, -0.2) is 36.5 Å². The predicted molar refractivity (Wildman–Crippen MR) is 68.4 cm³/mol.